The molecular formula is C8H12N2O. The van der Waals surface area contributed by atoms with Gasteiger partial charge in [0.15, 0.2) is 0 Å². The van der Waals surface area contributed by atoms with Crippen molar-refractivity contribution in [3.8, 4) is 0 Å². The summed E-state index contributed by atoms with van der Waals surface area (Å²) < 4.78 is 2.00. The number of hydrogen-bond donors (Lipinski definition) is 1. The highest BCUT2D eigenvalue weighted by Crippen LogP contribution is 2.27. The molecule has 0 aliphatic carbocycles. The third-order valence-electron chi connectivity index (χ3n) is 2.30. The van der Waals surface area contributed by atoms with Crippen molar-refractivity contribution in [3.05, 3.63) is 17.5 Å². The Kier molecular flexibility index (Phi) is 1.46. The van der Waals surface area contributed by atoms with E-state index in [1.807, 2.05) is 10.7 Å². The number of aromatic nitrogens is 2. The average Bonchev–Trinajstić information content (AvgIpc) is 2.53. The first-order chi connectivity index (χ1) is 5.31. The molecule has 60 valence electrons. The molecule has 3 heteroatoms. The minimum Gasteiger partial charge on any atom is -0.390 e. The molecule has 1 aliphatic rings. The zero-order chi connectivity index (χ0) is 7.84. The Balaban J connectivity index is 2.38. The third kappa shape index (κ3) is 0.959. The van der Waals surface area contributed by atoms with Crippen LogP contribution in [0, 0.1) is 0 Å². The predicted octanol–water partition coefficient (Wildman–Crippen LogP) is 0.883. The largest absolute Gasteiger partial charge is 0.390 e. The van der Waals surface area contributed by atoms with E-state index < -0.39 is 0 Å². The van der Waals surface area contributed by atoms with Crippen molar-refractivity contribution in [3.63, 3.8) is 0 Å². The van der Waals surface area contributed by atoms with Crippen LogP contribution in [0.25, 0.3) is 0 Å². The Morgan fingerprint density at radius 1 is 1.82 bits per heavy atom. The lowest BCUT2D eigenvalue weighted by atomic mass is 10.1. The quantitative estimate of drug-likeness (QED) is 0.648. The zero-order valence-corrected chi connectivity index (χ0v) is 6.62. The molecule has 0 aromatic carbocycles. The molecular weight excluding hydrogens is 140 g/mol. The van der Waals surface area contributed by atoms with Gasteiger partial charge in [-0.1, -0.05) is 6.92 Å². The normalized spacial score (nSPS) is 22.2. The number of hydrogen-bond acceptors (Lipinski definition) is 2. The van der Waals surface area contributed by atoms with E-state index in [9.17, 15) is 0 Å². The first-order valence-electron chi connectivity index (χ1n) is 3.98. The van der Waals surface area contributed by atoms with Gasteiger partial charge in [0.1, 0.15) is 0 Å². The Hall–Kier alpha value is -0.830. The molecule has 0 saturated heterocycles. The maximum atomic E-state index is 8.81. The molecule has 0 spiro atoms. The van der Waals surface area contributed by atoms with Crippen LogP contribution in [0.5, 0.6) is 0 Å². The van der Waals surface area contributed by atoms with Crippen molar-refractivity contribution in [2.24, 2.45) is 0 Å². The minimum atomic E-state index is 0.0622. The van der Waals surface area contributed by atoms with Gasteiger partial charge in [0.25, 0.3) is 0 Å². The summed E-state index contributed by atoms with van der Waals surface area (Å²) >= 11 is 0. The van der Waals surface area contributed by atoms with Crippen LogP contribution in [0.2, 0.25) is 0 Å². The van der Waals surface area contributed by atoms with Crippen LogP contribution < -0.4 is 0 Å². The molecule has 1 aliphatic heterocycles. The Bertz CT molecular complexity index is 267. The third-order valence-corrected chi connectivity index (χ3v) is 2.30. The van der Waals surface area contributed by atoms with Gasteiger partial charge in [0.2, 0.25) is 0 Å². The summed E-state index contributed by atoms with van der Waals surface area (Å²) in [6.07, 6.45) is 1.19. The highest BCUT2D eigenvalue weighted by molar-refractivity contribution is 5.16. The molecule has 0 amide bonds. The molecule has 1 unspecified atom stereocenters. The highest BCUT2D eigenvalue weighted by Gasteiger charge is 2.20. The van der Waals surface area contributed by atoms with E-state index in [0.29, 0.717) is 5.92 Å². The summed E-state index contributed by atoms with van der Waals surface area (Å²) in [4.78, 5) is 0. The molecule has 1 aromatic rings. The van der Waals surface area contributed by atoms with Gasteiger partial charge >= 0.3 is 0 Å². The Morgan fingerprint density at radius 2 is 2.64 bits per heavy atom. The average molecular weight is 152 g/mol. The summed E-state index contributed by atoms with van der Waals surface area (Å²) in [5.41, 5.74) is 2.07. The Morgan fingerprint density at radius 3 is 3.27 bits per heavy atom. The van der Waals surface area contributed by atoms with E-state index in [0.717, 1.165) is 12.2 Å². The van der Waals surface area contributed by atoms with E-state index in [4.69, 9.17) is 5.11 Å². The fraction of sp³-hybridized carbons (Fsp3) is 0.625. The first kappa shape index (κ1) is 6.85. The molecule has 3 nitrogen and oxygen atoms in total. The summed E-state index contributed by atoms with van der Waals surface area (Å²) in [7, 11) is 0. The second-order valence-electron chi connectivity index (χ2n) is 3.13. The molecule has 1 atom stereocenters. The Labute approximate surface area is 65.7 Å². The standard InChI is InChI=1S/C8H12N2O/c1-6-2-3-10-8(6)4-7(5-11)9-10/h4,6,11H,2-3,5H2,1H3. The van der Waals surface area contributed by atoms with Gasteiger partial charge in [-0.2, -0.15) is 5.10 Å². The lowest BCUT2D eigenvalue weighted by Gasteiger charge is -1.95. The van der Waals surface area contributed by atoms with Crippen LogP contribution in [0.4, 0.5) is 0 Å². The molecule has 1 N–H and O–H groups in total. The number of aliphatic hydroxyl groups excluding tert-OH is 1. The summed E-state index contributed by atoms with van der Waals surface area (Å²) in [6, 6.07) is 2.00. The van der Waals surface area contributed by atoms with Crippen LogP contribution >= 0.6 is 0 Å². The molecule has 11 heavy (non-hydrogen) atoms. The predicted molar refractivity (Wildman–Crippen MR) is 41.2 cm³/mol. The topological polar surface area (TPSA) is 38.0 Å². The second kappa shape index (κ2) is 2.34. The molecule has 2 heterocycles. The smallest absolute Gasteiger partial charge is 0.0881 e. The lowest BCUT2D eigenvalue weighted by Crippen LogP contribution is -1.95. The maximum absolute atomic E-state index is 8.81. The van der Waals surface area contributed by atoms with Crippen molar-refractivity contribution in [1.29, 1.82) is 0 Å². The lowest BCUT2D eigenvalue weighted by molar-refractivity contribution is 0.275. The van der Waals surface area contributed by atoms with Gasteiger partial charge in [0.05, 0.1) is 12.3 Å². The number of nitrogens with zero attached hydrogens (tertiary/aromatic N) is 2. The second-order valence-corrected chi connectivity index (χ2v) is 3.13. The van der Waals surface area contributed by atoms with E-state index >= 15 is 0 Å². The van der Waals surface area contributed by atoms with Crippen molar-refractivity contribution in [2.45, 2.75) is 32.4 Å². The van der Waals surface area contributed by atoms with Crippen LogP contribution in [-0.2, 0) is 13.2 Å². The van der Waals surface area contributed by atoms with Gasteiger partial charge < -0.3 is 5.11 Å². The van der Waals surface area contributed by atoms with Crippen molar-refractivity contribution in [1.82, 2.24) is 9.78 Å². The number of fused-ring (bicyclic) bond motifs is 1. The van der Waals surface area contributed by atoms with Crippen LogP contribution in [-0.4, -0.2) is 14.9 Å². The van der Waals surface area contributed by atoms with Gasteiger partial charge in [0, 0.05) is 12.2 Å². The molecule has 0 radical (unpaired) electrons. The zero-order valence-electron chi connectivity index (χ0n) is 6.62. The number of aryl methyl sites for hydroxylation is 1. The monoisotopic (exact) mass is 152 g/mol. The molecule has 0 fully saturated rings. The first-order valence-corrected chi connectivity index (χ1v) is 3.98. The fourth-order valence-corrected chi connectivity index (χ4v) is 1.60. The van der Waals surface area contributed by atoms with Gasteiger partial charge in [-0.15, -0.1) is 0 Å². The van der Waals surface area contributed by atoms with Crippen molar-refractivity contribution < 1.29 is 5.11 Å². The van der Waals surface area contributed by atoms with E-state index in [-0.39, 0.29) is 6.61 Å². The SMILES string of the molecule is CC1CCn2nc(CO)cc21. The maximum Gasteiger partial charge on any atom is 0.0881 e. The van der Waals surface area contributed by atoms with E-state index in [2.05, 4.69) is 12.0 Å². The molecule has 0 bridgehead atoms. The highest BCUT2D eigenvalue weighted by atomic mass is 16.3. The summed E-state index contributed by atoms with van der Waals surface area (Å²) in [5, 5.41) is 13.0. The molecule has 0 saturated carbocycles. The summed E-state index contributed by atoms with van der Waals surface area (Å²) in [6.45, 7) is 3.27. The summed E-state index contributed by atoms with van der Waals surface area (Å²) in [5.74, 6) is 0.614. The number of aliphatic hydroxyl groups is 1. The molecule has 2 rings (SSSR count). The van der Waals surface area contributed by atoms with Gasteiger partial charge in [-0.25, -0.2) is 0 Å². The van der Waals surface area contributed by atoms with Gasteiger partial charge in [-0.3, -0.25) is 4.68 Å². The van der Waals surface area contributed by atoms with Crippen molar-refractivity contribution in [2.75, 3.05) is 0 Å². The van der Waals surface area contributed by atoms with E-state index in [1.165, 1.54) is 12.1 Å². The molecule has 1 aromatic heterocycles. The fourth-order valence-electron chi connectivity index (χ4n) is 1.60. The van der Waals surface area contributed by atoms with Crippen LogP contribution in [0.1, 0.15) is 30.7 Å². The van der Waals surface area contributed by atoms with Crippen molar-refractivity contribution >= 4 is 0 Å². The van der Waals surface area contributed by atoms with E-state index in [1.54, 1.807) is 0 Å². The van der Waals surface area contributed by atoms with Crippen LogP contribution in [0.15, 0.2) is 6.07 Å². The van der Waals surface area contributed by atoms with Gasteiger partial charge in [-0.05, 0) is 18.4 Å². The number of rotatable bonds is 1. The minimum absolute atomic E-state index is 0.0622. The van der Waals surface area contributed by atoms with Crippen LogP contribution in [0.3, 0.4) is 0 Å².